The van der Waals surface area contributed by atoms with Gasteiger partial charge in [-0.3, -0.25) is 9.69 Å². The van der Waals surface area contributed by atoms with Gasteiger partial charge >= 0.3 is 5.97 Å². The van der Waals surface area contributed by atoms with Crippen molar-refractivity contribution in [3.05, 3.63) is 0 Å². The number of hydrogen-bond acceptors (Lipinski definition) is 3. The molecular formula is C11H22N2O2. The maximum Gasteiger partial charge on any atom is 0.322 e. The highest BCUT2D eigenvalue weighted by atomic mass is 16.4. The molecule has 1 unspecified atom stereocenters. The molecule has 0 saturated carbocycles. The minimum Gasteiger partial charge on any atom is -0.480 e. The number of likely N-dealkylation sites (tertiary alicyclic amines) is 1. The summed E-state index contributed by atoms with van der Waals surface area (Å²) < 4.78 is 0. The Morgan fingerprint density at radius 3 is 2.40 bits per heavy atom. The Kier molecular flexibility index (Phi) is 4.54. The number of carboxylic acid groups (broad SMARTS) is 1. The summed E-state index contributed by atoms with van der Waals surface area (Å²) in [5.41, 5.74) is 0. The molecule has 1 saturated heterocycles. The van der Waals surface area contributed by atoms with Gasteiger partial charge in [-0.1, -0.05) is 6.42 Å². The van der Waals surface area contributed by atoms with E-state index in [0.717, 1.165) is 0 Å². The summed E-state index contributed by atoms with van der Waals surface area (Å²) in [7, 11) is 1.71. The first-order chi connectivity index (χ1) is 7.06. The van der Waals surface area contributed by atoms with Gasteiger partial charge in [0.05, 0.1) is 0 Å². The largest absolute Gasteiger partial charge is 0.480 e. The van der Waals surface area contributed by atoms with Crippen LogP contribution < -0.4 is 5.32 Å². The average Bonchev–Trinajstić information content (AvgIpc) is 2.17. The van der Waals surface area contributed by atoms with Crippen LogP contribution in [0.3, 0.4) is 0 Å². The van der Waals surface area contributed by atoms with Crippen LogP contribution in [0.5, 0.6) is 0 Å². The fourth-order valence-electron chi connectivity index (χ4n) is 2.34. The molecule has 1 aliphatic rings. The molecular weight excluding hydrogens is 192 g/mol. The van der Waals surface area contributed by atoms with Gasteiger partial charge in [0, 0.05) is 18.6 Å². The molecule has 2 N–H and O–H groups in total. The van der Waals surface area contributed by atoms with Crippen molar-refractivity contribution >= 4 is 5.97 Å². The minimum absolute atomic E-state index is 0.451. The Morgan fingerprint density at radius 2 is 2.00 bits per heavy atom. The summed E-state index contributed by atoms with van der Waals surface area (Å²) in [5, 5.41) is 11.8. The molecule has 15 heavy (non-hydrogen) atoms. The van der Waals surface area contributed by atoms with E-state index in [0.29, 0.717) is 18.6 Å². The topological polar surface area (TPSA) is 52.6 Å². The van der Waals surface area contributed by atoms with Gasteiger partial charge in [-0.2, -0.15) is 0 Å². The van der Waals surface area contributed by atoms with E-state index in [1.54, 1.807) is 7.05 Å². The zero-order chi connectivity index (χ0) is 11.4. The van der Waals surface area contributed by atoms with Crippen LogP contribution in [0.25, 0.3) is 0 Å². The molecule has 0 aromatic rings. The third kappa shape index (κ3) is 3.18. The highest BCUT2D eigenvalue weighted by Crippen LogP contribution is 2.22. The summed E-state index contributed by atoms with van der Waals surface area (Å²) in [6, 6.07) is 0.556. The second-order valence-corrected chi connectivity index (χ2v) is 4.51. The molecule has 0 aromatic carbocycles. The lowest BCUT2D eigenvalue weighted by molar-refractivity contribution is -0.140. The van der Waals surface area contributed by atoms with E-state index in [9.17, 15) is 4.79 Å². The van der Waals surface area contributed by atoms with E-state index < -0.39 is 12.0 Å². The van der Waals surface area contributed by atoms with Crippen LogP contribution in [0.4, 0.5) is 0 Å². The van der Waals surface area contributed by atoms with Crippen LogP contribution in [-0.2, 0) is 4.79 Å². The van der Waals surface area contributed by atoms with Gasteiger partial charge in [0.2, 0.25) is 0 Å². The van der Waals surface area contributed by atoms with Crippen molar-refractivity contribution < 1.29 is 9.90 Å². The molecule has 0 spiro atoms. The molecule has 0 aliphatic carbocycles. The van der Waals surface area contributed by atoms with E-state index in [4.69, 9.17) is 5.11 Å². The van der Waals surface area contributed by atoms with E-state index in [1.165, 1.54) is 19.3 Å². The quantitative estimate of drug-likeness (QED) is 0.731. The fourth-order valence-corrected chi connectivity index (χ4v) is 2.34. The molecule has 0 aromatic heterocycles. The molecule has 4 nitrogen and oxygen atoms in total. The molecule has 4 heteroatoms. The predicted molar refractivity (Wildman–Crippen MR) is 60.0 cm³/mol. The van der Waals surface area contributed by atoms with Crippen molar-refractivity contribution in [3.8, 4) is 0 Å². The molecule has 0 amide bonds. The van der Waals surface area contributed by atoms with Crippen molar-refractivity contribution in [2.24, 2.45) is 0 Å². The minimum atomic E-state index is -0.762. The lowest BCUT2D eigenvalue weighted by Crippen LogP contribution is -2.52. The van der Waals surface area contributed by atoms with Crippen LogP contribution >= 0.6 is 0 Å². The number of carbonyl (C=O) groups is 1. The highest BCUT2D eigenvalue weighted by Gasteiger charge is 2.28. The Hall–Kier alpha value is -0.610. The van der Waals surface area contributed by atoms with Gasteiger partial charge < -0.3 is 10.4 Å². The maximum absolute atomic E-state index is 10.9. The van der Waals surface area contributed by atoms with Crippen molar-refractivity contribution in [2.75, 3.05) is 13.6 Å². The molecule has 1 aliphatic heterocycles. The molecule has 0 radical (unpaired) electrons. The first-order valence-corrected chi connectivity index (χ1v) is 5.72. The van der Waals surface area contributed by atoms with E-state index in [2.05, 4.69) is 24.1 Å². The number of aliphatic carboxylic acids is 1. The third-order valence-electron chi connectivity index (χ3n) is 3.42. The first-order valence-electron chi connectivity index (χ1n) is 5.72. The van der Waals surface area contributed by atoms with Crippen molar-refractivity contribution in [3.63, 3.8) is 0 Å². The summed E-state index contributed by atoms with van der Waals surface area (Å²) >= 11 is 0. The monoisotopic (exact) mass is 214 g/mol. The van der Waals surface area contributed by atoms with E-state index >= 15 is 0 Å². The fraction of sp³-hybridized carbons (Fsp3) is 0.909. The Morgan fingerprint density at radius 1 is 1.47 bits per heavy atom. The van der Waals surface area contributed by atoms with Gasteiger partial charge in [-0.15, -0.1) is 0 Å². The van der Waals surface area contributed by atoms with Gasteiger partial charge in [-0.25, -0.2) is 0 Å². The normalized spacial score (nSPS) is 30.1. The third-order valence-corrected chi connectivity index (χ3v) is 3.42. The van der Waals surface area contributed by atoms with E-state index in [1.807, 2.05) is 0 Å². The second-order valence-electron chi connectivity index (χ2n) is 4.51. The number of nitrogens with zero attached hydrogens (tertiary/aromatic N) is 1. The Balaban J connectivity index is 2.56. The smallest absolute Gasteiger partial charge is 0.322 e. The van der Waals surface area contributed by atoms with Crippen LogP contribution in [-0.4, -0.2) is 47.7 Å². The number of nitrogens with one attached hydrogen (secondary N) is 1. The van der Waals surface area contributed by atoms with Gasteiger partial charge in [0.25, 0.3) is 0 Å². The molecule has 1 fully saturated rings. The lowest BCUT2D eigenvalue weighted by Gasteiger charge is -2.40. The maximum atomic E-state index is 10.9. The summed E-state index contributed by atoms with van der Waals surface area (Å²) in [6.07, 6.45) is 3.62. The number of rotatable bonds is 4. The first kappa shape index (κ1) is 12.5. The molecule has 3 atom stereocenters. The Bertz CT molecular complexity index is 211. The van der Waals surface area contributed by atoms with Crippen LogP contribution in [0.15, 0.2) is 0 Å². The van der Waals surface area contributed by atoms with Crippen molar-refractivity contribution in [2.45, 2.75) is 51.2 Å². The number of hydrogen-bond donors (Lipinski definition) is 2. The molecule has 1 heterocycles. The van der Waals surface area contributed by atoms with Gasteiger partial charge in [0.1, 0.15) is 6.04 Å². The number of likely N-dealkylation sites (N-methyl/N-ethyl adjacent to an activating group) is 1. The SMILES string of the molecule is CNC(CN1[C@H](C)CCC[C@@H]1C)C(=O)O. The van der Waals surface area contributed by atoms with Crippen LogP contribution in [0.2, 0.25) is 0 Å². The summed E-state index contributed by atoms with van der Waals surface area (Å²) in [6.45, 7) is 4.97. The van der Waals surface area contributed by atoms with Crippen molar-refractivity contribution in [1.82, 2.24) is 10.2 Å². The lowest BCUT2D eigenvalue weighted by atomic mass is 9.97. The predicted octanol–water partition coefficient (Wildman–Crippen LogP) is 0.922. The molecule has 1 rings (SSSR count). The molecule has 88 valence electrons. The van der Waals surface area contributed by atoms with Crippen LogP contribution in [0, 0.1) is 0 Å². The summed E-state index contributed by atoms with van der Waals surface area (Å²) in [4.78, 5) is 13.2. The Labute approximate surface area is 91.6 Å². The average molecular weight is 214 g/mol. The standard InChI is InChI=1S/C11H22N2O2/c1-8-5-4-6-9(2)13(8)7-10(12-3)11(14)15/h8-10,12H,4-7H2,1-3H3,(H,14,15)/t8-,9+,10?. The second kappa shape index (κ2) is 5.47. The van der Waals surface area contributed by atoms with Gasteiger partial charge in [0.15, 0.2) is 0 Å². The number of carboxylic acids is 1. The zero-order valence-electron chi connectivity index (χ0n) is 9.86. The zero-order valence-corrected chi connectivity index (χ0v) is 9.86. The van der Waals surface area contributed by atoms with E-state index in [-0.39, 0.29) is 0 Å². The molecule has 0 bridgehead atoms. The summed E-state index contributed by atoms with van der Waals surface area (Å²) in [5.74, 6) is -0.762. The van der Waals surface area contributed by atoms with Gasteiger partial charge in [-0.05, 0) is 33.7 Å². The van der Waals surface area contributed by atoms with Crippen molar-refractivity contribution in [1.29, 1.82) is 0 Å². The highest BCUT2D eigenvalue weighted by molar-refractivity contribution is 5.73. The van der Waals surface area contributed by atoms with Crippen LogP contribution in [0.1, 0.15) is 33.1 Å². The number of piperidine rings is 1.